The molecule has 1 saturated heterocycles. The highest BCUT2D eigenvalue weighted by atomic mass is 32.2. The van der Waals surface area contributed by atoms with Crippen LogP contribution in [0.1, 0.15) is 24.3 Å². The van der Waals surface area contributed by atoms with Gasteiger partial charge >= 0.3 is 5.97 Å². The first-order valence-corrected chi connectivity index (χ1v) is 13.3. The molecule has 0 saturated carbocycles. The summed E-state index contributed by atoms with van der Waals surface area (Å²) in [6.45, 7) is 5.10. The third-order valence-corrected chi connectivity index (χ3v) is 9.58. The number of para-hydroxylation sites is 1. The van der Waals surface area contributed by atoms with Crippen LogP contribution in [0.5, 0.6) is 0 Å². The van der Waals surface area contributed by atoms with E-state index in [-0.39, 0.29) is 28.4 Å². The number of allylic oxidation sites excluding steroid dienone is 1. The fraction of sp³-hybridized carbons (Fsp3) is 0.417. The van der Waals surface area contributed by atoms with Crippen LogP contribution in [0.3, 0.4) is 0 Å². The van der Waals surface area contributed by atoms with Crippen molar-refractivity contribution in [2.75, 3.05) is 44.9 Å². The quantitative estimate of drug-likeness (QED) is 0.423. The molecule has 1 aromatic carbocycles. The Morgan fingerprint density at radius 1 is 1.15 bits per heavy atom. The van der Waals surface area contributed by atoms with E-state index in [1.807, 2.05) is 36.2 Å². The Bertz CT molecular complexity index is 1230. The van der Waals surface area contributed by atoms with E-state index in [2.05, 4.69) is 13.8 Å². The minimum absolute atomic E-state index is 0.0933. The Morgan fingerprint density at radius 2 is 1.85 bits per heavy atom. The third kappa shape index (κ3) is 4.81. The van der Waals surface area contributed by atoms with Crippen LogP contribution in [-0.2, 0) is 40.9 Å². The lowest BCUT2D eigenvalue weighted by Crippen LogP contribution is -2.40. The van der Waals surface area contributed by atoms with Crippen LogP contribution >= 0.6 is 11.3 Å². The number of thiophene rings is 1. The maximum atomic E-state index is 12.7. The number of ketones is 1. The molecule has 1 aromatic heterocycles. The molecule has 0 aliphatic carbocycles. The van der Waals surface area contributed by atoms with Crippen molar-refractivity contribution in [2.24, 2.45) is 0 Å². The second kappa shape index (κ2) is 9.61. The highest BCUT2D eigenvalue weighted by Crippen LogP contribution is 2.46. The molecule has 2 aliphatic heterocycles. The van der Waals surface area contributed by atoms with E-state index in [9.17, 15) is 18.0 Å². The number of benzene rings is 1. The molecule has 0 N–H and O–H groups in total. The van der Waals surface area contributed by atoms with E-state index >= 15 is 0 Å². The number of nitrogens with zero attached hydrogens (tertiary/aromatic N) is 2. The normalized spacial score (nSPS) is 19.3. The minimum atomic E-state index is -3.60. The number of morpholine rings is 1. The van der Waals surface area contributed by atoms with Gasteiger partial charge in [-0.15, -0.1) is 11.3 Å². The Hall–Kier alpha value is -2.53. The lowest BCUT2D eigenvalue weighted by Gasteiger charge is -2.25. The van der Waals surface area contributed by atoms with Gasteiger partial charge in [0.05, 0.1) is 19.6 Å². The fourth-order valence-electron chi connectivity index (χ4n) is 4.30. The van der Waals surface area contributed by atoms with E-state index in [4.69, 9.17) is 9.47 Å². The minimum Gasteiger partial charge on any atom is -0.457 e. The average molecular weight is 505 g/mol. The predicted octanol–water partition coefficient (Wildman–Crippen LogP) is 2.74. The van der Waals surface area contributed by atoms with Crippen molar-refractivity contribution >= 4 is 38.8 Å². The fourth-order valence-corrected chi connectivity index (χ4v) is 7.21. The number of anilines is 1. The van der Waals surface area contributed by atoms with Crippen molar-refractivity contribution in [1.29, 1.82) is 0 Å². The zero-order valence-corrected chi connectivity index (χ0v) is 21.1. The number of sulfonamides is 1. The molecule has 2 aliphatic rings. The molecule has 8 nitrogen and oxygen atoms in total. The van der Waals surface area contributed by atoms with E-state index in [1.54, 1.807) is 6.07 Å². The number of carbonyl (C=O) groups is 2. The van der Waals surface area contributed by atoms with Crippen molar-refractivity contribution < 1.29 is 27.5 Å². The first-order valence-electron chi connectivity index (χ1n) is 11.0. The first-order chi connectivity index (χ1) is 16.1. The summed E-state index contributed by atoms with van der Waals surface area (Å²) in [5.74, 6) is -0.885. The standard InChI is InChI=1S/C24H28N2O6S2/c1-24(2)19-6-4-5-7-20(19)25(3)21(24)14-17(27)16-32-22(28)15-18-8-9-23(33-18)34(29,30)26-10-12-31-13-11-26/h4-9,14H,10-13,15-16H2,1-3H3. The molecule has 34 heavy (non-hydrogen) atoms. The number of hydrogen-bond acceptors (Lipinski definition) is 8. The van der Waals surface area contributed by atoms with Gasteiger partial charge in [-0.05, 0) is 23.8 Å². The number of rotatable bonds is 7. The summed E-state index contributed by atoms with van der Waals surface area (Å²) in [5.41, 5.74) is 2.67. The number of ether oxygens (including phenoxy) is 2. The Kier molecular flexibility index (Phi) is 6.95. The van der Waals surface area contributed by atoms with Crippen LogP contribution in [0.15, 0.2) is 52.4 Å². The molecule has 10 heteroatoms. The summed E-state index contributed by atoms with van der Waals surface area (Å²) >= 11 is 1.04. The van der Waals surface area contributed by atoms with Gasteiger partial charge in [-0.25, -0.2) is 8.42 Å². The van der Waals surface area contributed by atoms with E-state index in [0.29, 0.717) is 31.2 Å². The molecule has 0 bridgehead atoms. The molecule has 0 atom stereocenters. The molecular weight excluding hydrogens is 476 g/mol. The highest BCUT2D eigenvalue weighted by molar-refractivity contribution is 7.91. The molecule has 0 unspecified atom stereocenters. The Balaban J connectivity index is 1.35. The summed E-state index contributed by atoms with van der Waals surface area (Å²) in [6, 6.07) is 11.1. The van der Waals surface area contributed by atoms with Crippen molar-refractivity contribution in [1.82, 2.24) is 4.31 Å². The predicted molar refractivity (Wildman–Crippen MR) is 130 cm³/mol. The van der Waals surface area contributed by atoms with E-state index in [1.165, 1.54) is 16.4 Å². The molecular formula is C24H28N2O6S2. The number of hydrogen-bond donors (Lipinski definition) is 0. The lowest BCUT2D eigenvalue weighted by atomic mass is 9.83. The van der Waals surface area contributed by atoms with Gasteiger partial charge in [0, 0.05) is 47.9 Å². The monoisotopic (exact) mass is 504 g/mol. The van der Waals surface area contributed by atoms with Crippen LogP contribution < -0.4 is 4.90 Å². The van der Waals surface area contributed by atoms with Crippen molar-refractivity contribution in [3.63, 3.8) is 0 Å². The van der Waals surface area contributed by atoms with Crippen LogP contribution in [0.2, 0.25) is 0 Å². The van der Waals surface area contributed by atoms with E-state index < -0.39 is 16.0 Å². The first kappa shape index (κ1) is 24.6. The number of likely N-dealkylation sites (N-methyl/N-ethyl adjacent to an activating group) is 1. The SMILES string of the molecule is CN1C(=CC(=O)COC(=O)Cc2ccc(S(=O)(=O)N3CCOCC3)s2)C(C)(C)c2ccccc21. The molecule has 3 heterocycles. The number of fused-ring (bicyclic) bond motifs is 1. The molecule has 1 fully saturated rings. The Labute approximate surface area is 203 Å². The zero-order valence-electron chi connectivity index (χ0n) is 19.4. The van der Waals surface area contributed by atoms with E-state index in [0.717, 1.165) is 28.3 Å². The second-order valence-electron chi connectivity index (χ2n) is 8.77. The highest BCUT2D eigenvalue weighted by Gasteiger charge is 2.38. The van der Waals surface area contributed by atoms with Gasteiger partial charge in [0.1, 0.15) is 4.21 Å². The smallest absolute Gasteiger partial charge is 0.311 e. The number of esters is 1. The topological polar surface area (TPSA) is 93.2 Å². The molecule has 4 rings (SSSR count). The third-order valence-electron chi connectivity index (χ3n) is 6.13. The molecule has 0 radical (unpaired) electrons. The van der Waals surface area contributed by atoms with Gasteiger partial charge in [0.15, 0.2) is 12.4 Å². The lowest BCUT2D eigenvalue weighted by molar-refractivity contribution is -0.146. The number of carbonyl (C=O) groups excluding carboxylic acids is 2. The maximum Gasteiger partial charge on any atom is 0.311 e. The second-order valence-corrected chi connectivity index (χ2v) is 12.1. The van der Waals surface area contributed by atoms with Gasteiger partial charge in [-0.2, -0.15) is 4.31 Å². The summed E-state index contributed by atoms with van der Waals surface area (Å²) < 4.78 is 37.4. The summed E-state index contributed by atoms with van der Waals surface area (Å²) in [5, 5.41) is 0. The van der Waals surface area contributed by atoms with Crippen LogP contribution in [0.25, 0.3) is 0 Å². The summed E-state index contributed by atoms with van der Waals surface area (Å²) in [4.78, 5) is 27.4. The van der Waals surface area contributed by atoms with Gasteiger partial charge in [-0.3, -0.25) is 9.59 Å². The molecule has 182 valence electrons. The van der Waals surface area contributed by atoms with Crippen molar-refractivity contribution in [2.45, 2.75) is 29.9 Å². The Morgan fingerprint density at radius 3 is 2.56 bits per heavy atom. The van der Waals surface area contributed by atoms with Gasteiger partial charge < -0.3 is 14.4 Å². The molecule has 2 aromatic rings. The van der Waals surface area contributed by atoms with Crippen molar-refractivity contribution in [3.05, 3.63) is 58.6 Å². The maximum absolute atomic E-state index is 12.7. The average Bonchev–Trinajstić information content (AvgIpc) is 3.36. The van der Waals surface area contributed by atoms with Gasteiger partial charge in [0.25, 0.3) is 10.0 Å². The van der Waals surface area contributed by atoms with Crippen LogP contribution in [-0.4, -0.2) is 64.4 Å². The van der Waals surface area contributed by atoms with Gasteiger partial charge in [-0.1, -0.05) is 32.0 Å². The summed E-state index contributed by atoms with van der Waals surface area (Å²) in [6.07, 6.45) is 1.44. The molecule has 0 spiro atoms. The molecule has 0 amide bonds. The van der Waals surface area contributed by atoms with Gasteiger partial charge in [0.2, 0.25) is 0 Å². The largest absolute Gasteiger partial charge is 0.457 e. The van der Waals surface area contributed by atoms with Crippen LogP contribution in [0, 0.1) is 0 Å². The zero-order chi connectivity index (χ0) is 24.5. The summed E-state index contributed by atoms with van der Waals surface area (Å²) in [7, 11) is -1.69. The van der Waals surface area contributed by atoms with Crippen molar-refractivity contribution in [3.8, 4) is 0 Å². The van der Waals surface area contributed by atoms with Crippen LogP contribution in [0.4, 0.5) is 5.69 Å².